The maximum absolute atomic E-state index is 12.0. The SMILES string of the molecule is O=C(O)c1ccnc(CNS(=O)(=O)C(F)F)c1. The number of hydrogen-bond acceptors (Lipinski definition) is 4. The lowest BCUT2D eigenvalue weighted by Crippen LogP contribution is -2.29. The molecule has 0 aliphatic rings. The zero-order valence-corrected chi connectivity index (χ0v) is 9.12. The number of alkyl halides is 2. The standard InChI is InChI=1S/C8H8F2N2O4S/c9-8(10)17(15,16)12-4-6-3-5(7(13)14)1-2-11-6/h1-3,8,12H,4H2,(H,13,14). The van der Waals surface area contributed by atoms with Gasteiger partial charge in [-0.2, -0.15) is 8.78 Å². The molecule has 1 rings (SSSR count). The number of carbonyl (C=O) groups is 1. The van der Waals surface area contributed by atoms with E-state index in [1.165, 1.54) is 6.07 Å². The maximum atomic E-state index is 12.0. The van der Waals surface area contributed by atoms with Crippen molar-refractivity contribution in [3.05, 3.63) is 29.6 Å². The van der Waals surface area contributed by atoms with Gasteiger partial charge in [-0.25, -0.2) is 17.9 Å². The van der Waals surface area contributed by atoms with E-state index in [0.717, 1.165) is 12.3 Å². The molecule has 0 unspecified atom stereocenters. The summed E-state index contributed by atoms with van der Waals surface area (Å²) in [6, 6.07) is 2.30. The molecule has 0 aliphatic heterocycles. The summed E-state index contributed by atoms with van der Waals surface area (Å²) in [5, 5.41) is 8.64. The highest BCUT2D eigenvalue weighted by molar-refractivity contribution is 7.89. The number of rotatable bonds is 5. The van der Waals surface area contributed by atoms with Crippen molar-refractivity contribution < 1.29 is 27.1 Å². The molecular weight excluding hydrogens is 258 g/mol. The molecule has 0 aliphatic carbocycles. The number of hydrogen-bond donors (Lipinski definition) is 2. The van der Waals surface area contributed by atoms with Crippen LogP contribution in [-0.2, 0) is 16.6 Å². The van der Waals surface area contributed by atoms with Crippen LogP contribution in [0.4, 0.5) is 8.78 Å². The molecule has 17 heavy (non-hydrogen) atoms. The number of aromatic carboxylic acids is 1. The van der Waals surface area contributed by atoms with Crippen LogP contribution in [0.1, 0.15) is 16.1 Å². The number of halogens is 2. The summed E-state index contributed by atoms with van der Waals surface area (Å²) >= 11 is 0. The monoisotopic (exact) mass is 266 g/mol. The van der Waals surface area contributed by atoms with Crippen LogP contribution in [0.5, 0.6) is 0 Å². The van der Waals surface area contributed by atoms with E-state index in [4.69, 9.17) is 5.11 Å². The molecule has 0 radical (unpaired) electrons. The summed E-state index contributed by atoms with van der Waals surface area (Å²) in [5.41, 5.74) is -0.0691. The van der Waals surface area contributed by atoms with Gasteiger partial charge in [0, 0.05) is 6.20 Å². The Hall–Kier alpha value is -1.61. The lowest BCUT2D eigenvalue weighted by atomic mass is 10.2. The Labute approximate surface area is 95.3 Å². The van der Waals surface area contributed by atoms with Crippen molar-refractivity contribution in [1.29, 1.82) is 0 Å². The molecular formula is C8H8F2N2O4S. The molecule has 2 N–H and O–H groups in total. The van der Waals surface area contributed by atoms with Crippen LogP contribution in [0.15, 0.2) is 18.3 Å². The molecule has 6 nitrogen and oxygen atoms in total. The molecule has 0 spiro atoms. The zero-order chi connectivity index (χ0) is 13.1. The Balaban J connectivity index is 2.77. The van der Waals surface area contributed by atoms with Gasteiger partial charge in [0.25, 0.3) is 10.0 Å². The van der Waals surface area contributed by atoms with Crippen LogP contribution < -0.4 is 4.72 Å². The van der Waals surface area contributed by atoms with E-state index in [1.54, 1.807) is 4.72 Å². The Morgan fingerprint density at radius 2 is 2.18 bits per heavy atom. The number of nitrogens with zero attached hydrogens (tertiary/aromatic N) is 1. The van der Waals surface area contributed by atoms with Gasteiger partial charge in [0.05, 0.1) is 17.8 Å². The van der Waals surface area contributed by atoms with Gasteiger partial charge >= 0.3 is 11.7 Å². The molecule has 0 saturated carbocycles. The van der Waals surface area contributed by atoms with Crippen molar-refractivity contribution in [2.75, 3.05) is 0 Å². The van der Waals surface area contributed by atoms with Gasteiger partial charge in [0.15, 0.2) is 0 Å². The highest BCUT2D eigenvalue weighted by atomic mass is 32.2. The van der Waals surface area contributed by atoms with Crippen LogP contribution in [0.25, 0.3) is 0 Å². The normalized spacial score (nSPS) is 11.7. The molecule has 1 aromatic heterocycles. The highest BCUT2D eigenvalue weighted by Gasteiger charge is 2.23. The number of carboxylic acids is 1. The minimum absolute atomic E-state index is 0.0362. The summed E-state index contributed by atoms with van der Waals surface area (Å²) in [6.45, 7) is -0.492. The van der Waals surface area contributed by atoms with Crippen molar-refractivity contribution >= 4 is 16.0 Å². The number of nitrogens with one attached hydrogen (secondary N) is 1. The van der Waals surface area contributed by atoms with Crippen molar-refractivity contribution in [3.63, 3.8) is 0 Å². The fourth-order valence-electron chi connectivity index (χ4n) is 0.945. The van der Waals surface area contributed by atoms with E-state index in [1.807, 2.05) is 0 Å². The summed E-state index contributed by atoms with van der Waals surface area (Å²) in [6.07, 6.45) is 1.15. The van der Waals surface area contributed by atoms with E-state index in [-0.39, 0.29) is 11.3 Å². The topological polar surface area (TPSA) is 96.4 Å². The van der Waals surface area contributed by atoms with Gasteiger partial charge in [0.1, 0.15) is 0 Å². The predicted molar refractivity (Wildman–Crippen MR) is 53.0 cm³/mol. The maximum Gasteiger partial charge on any atom is 0.350 e. The molecule has 9 heteroatoms. The smallest absolute Gasteiger partial charge is 0.350 e. The van der Waals surface area contributed by atoms with Crippen molar-refractivity contribution in [3.8, 4) is 0 Å². The number of pyridine rings is 1. The zero-order valence-electron chi connectivity index (χ0n) is 8.30. The average molecular weight is 266 g/mol. The molecule has 94 valence electrons. The van der Waals surface area contributed by atoms with E-state index in [9.17, 15) is 22.0 Å². The molecule has 0 saturated heterocycles. The largest absolute Gasteiger partial charge is 0.478 e. The molecule has 0 aromatic carbocycles. The Bertz CT molecular complexity index is 518. The number of carboxylic acid groups (broad SMARTS) is 1. The summed E-state index contributed by atoms with van der Waals surface area (Å²) in [4.78, 5) is 14.2. The number of aromatic nitrogens is 1. The molecule has 1 aromatic rings. The third-order valence-corrected chi connectivity index (χ3v) is 2.77. The summed E-state index contributed by atoms with van der Waals surface area (Å²) in [5.74, 6) is -4.75. The van der Waals surface area contributed by atoms with Gasteiger partial charge in [-0.05, 0) is 12.1 Å². The van der Waals surface area contributed by atoms with Crippen molar-refractivity contribution in [2.24, 2.45) is 0 Å². The van der Waals surface area contributed by atoms with Gasteiger partial charge in [0.2, 0.25) is 0 Å². The first-order valence-corrected chi connectivity index (χ1v) is 5.82. The van der Waals surface area contributed by atoms with E-state index < -0.39 is 28.3 Å². The number of sulfonamides is 1. The van der Waals surface area contributed by atoms with Gasteiger partial charge in [-0.1, -0.05) is 0 Å². The Morgan fingerprint density at radius 1 is 1.53 bits per heavy atom. The van der Waals surface area contributed by atoms with Crippen LogP contribution in [0.3, 0.4) is 0 Å². The van der Waals surface area contributed by atoms with E-state index in [0.29, 0.717) is 0 Å². The van der Waals surface area contributed by atoms with Crippen LogP contribution >= 0.6 is 0 Å². The predicted octanol–water partition coefficient (Wildman–Crippen LogP) is 0.422. The third kappa shape index (κ3) is 3.71. The Kier molecular flexibility index (Phi) is 4.07. The highest BCUT2D eigenvalue weighted by Crippen LogP contribution is 2.05. The minimum atomic E-state index is -4.70. The molecule has 0 amide bonds. The average Bonchev–Trinajstić information content (AvgIpc) is 2.26. The van der Waals surface area contributed by atoms with Crippen LogP contribution in [0.2, 0.25) is 0 Å². The quantitative estimate of drug-likeness (QED) is 0.805. The fraction of sp³-hybridized carbons (Fsp3) is 0.250. The van der Waals surface area contributed by atoms with Crippen molar-refractivity contribution in [2.45, 2.75) is 12.3 Å². The van der Waals surface area contributed by atoms with E-state index >= 15 is 0 Å². The van der Waals surface area contributed by atoms with Gasteiger partial charge in [-0.15, -0.1) is 0 Å². The van der Waals surface area contributed by atoms with Crippen LogP contribution in [-0.4, -0.2) is 30.2 Å². The fourth-order valence-corrected chi connectivity index (χ4v) is 1.42. The first-order valence-electron chi connectivity index (χ1n) is 4.28. The minimum Gasteiger partial charge on any atom is -0.478 e. The first kappa shape index (κ1) is 13.5. The second-order valence-electron chi connectivity index (χ2n) is 2.97. The Morgan fingerprint density at radius 3 is 2.71 bits per heavy atom. The molecule has 1 heterocycles. The molecule has 0 fully saturated rings. The van der Waals surface area contributed by atoms with Gasteiger partial charge < -0.3 is 5.11 Å². The lowest BCUT2D eigenvalue weighted by Gasteiger charge is -2.05. The van der Waals surface area contributed by atoms with E-state index in [2.05, 4.69) is 4.98 Å². The second kappa shape index (κ2) is 5.15. The lowest BCUT2D eigenvalue weighted by molar-refractivity contribution is 0.0696. The second-order valence-corrected chi connectivity index (χ2v) is 4.70. The molecule has 0 atom stereocenters. The summed E-state index contributed by atoms with van der Waals surface area (Å²) < 4.78 is 47.0. The first-order chi connectivity index (χ1) is 7.83. The third-order valence-electron chi connectivity index (χ3n) is 1.75. The summed E-state index contributed by atoms with van der Waals surface area (Å²) in [7, 11) is -4.70. The van der Waals surface area contributed by atoms with Crippen LogP contribution in [0, 0.1) is 0 Å². The van der Waals surface area contributed by atoms with Gasteiger partial charge in [-0.3, -0.25) is 4.98 Å². The van der Waals surface area contributed by atoms with Crippen molar-refractivity contribution in [1.82, 2.24) is 9.71 Å². The molecule has 0 bridgehead atoms.